The van der Waals surface area contributed by atoms with Crippen LogP contribution in [0.3, 0.4) is 0 Å². The van der Waals surface area contributed by atoms with Gasteiger partial charge in [0.15, 0.2) is 5.78 Å². The van der Waals surface area contributed by atoms with Crippen LogP contribution in [0.1, 0.15) is 42.6 Å². The molecule has 1 aromatic rings. The molecule has 0 radical (unpaired) electrons. The normalized spacial score (nSPS) is 18.8. The third-order valence-electron chi connectivity index (χ3n) is 4.00. The third-order valence-corrected chi connectivity index (χ3v) is 4.00. The Morgan fingerprint density at radius 1 is 1.45 bits per heavy atom. The summed E-state index contributed by atoms with van der Waals surface area (Å²) in [5.74, 6) is -0.975. The first kappa shape index (κ1) is 14.6. The van der Waals surface area contributed by atoms with Gasteiger partial charge in [0, 0.05) is 17.4 Å². The molecule has 0 heterocycles. The Labute approximate surface area is 118 Å². The number of carbonyl (C=O) groups excluding carboxylic acids is 2. The average Bonchev–Trinajstić information content (AvgIpc) is 2.66. The minimum atomic E-state index is -0.344. The van der Waals surface area contributed by atoms with Crippen molar-refractivity contribution in [3.8, 4) is 0 Å². The van der Waals surface area contributed by atoms with Crippen molar-refractivity contribution in [1.29, 1.82) is 0 Å². The van der Waals surface area contributed by atoms with Gasteiger partial charge < -0.3 is 0 Å². The van der Waals surface area contributed by atoms with Gasteiger partial charge in [-0.25, -0.2) is 4.39 Å². The maximum absolute atomic E-state index is 13.2. The number of fused-ring (bicyclic) bond motifs is 1. The molecule has 2 atom stereocenters. The molecule has 0 saturated heterocycles. The lowest BCUT2D eigenvalue weighted by Crippen LogP contribution is -2.26. The average molecular weight is 274 g/mol. The van der Waals surface area contributed by atoms with E-state index in [-0.39, 0.29) is 29.2 Å². The molecule has 0 bridgehead atoms. The number of halogens is 1. The number of carbonyl (C=O) groups is 2. The van der Waals surface area contributed by atoms with Crippen LogP contribution in [-0.4, -0.2) is 11.6 Å². The molecule has 0 aliphatic heterocycles. The third kappa shape index (κ3) is 2.87. The summed E-state index contributed by atoms with van der Waals surface area (Å²) in [6, 6.07) is 4.24. The van der Waals surface area contributed by atoms with Gasteiger partial charge in [0.1, 0.15) is 11.6 Å². The van der Waals surface area contributed by atoms with Crippen LogP contribution < -0.4 is 0 Å². The Kier molecular flexibility index (Phi) is 4.17. The minimum absolute atomic E-state index is 0.0258. The number of allylic oxidation sites excluding steroid dienone is 1. The van der Waals surface area contributed by atoms with Crippen molar-refractivity contribution in [3.63, 3.8) is 0 Å². The van der Waals surface area contributed by atoms with E-state index < -0.39 is 0 Å². The van der Waals surface area contributed by atoms with E-state index in [1.54, 1.807) is 0 Å². The Morgan fingerprint density at radius 3 is 2.75 bits per heavy atom. The molecule has 1 aliphatic rings. The number of hydrogen-bond acceptors (Lipinski definition) is 2. The lowest BCUT2D eigenvalue weighted by Gasteiger charge is -2.19. The number of rotatable bonds is 5. The van der Waals surface area contributed by atoms with Crippen LogP contribution in [0.4, 0.5) is 4.39 Å². The molecule has 2 nitrogen and oxygen atoms in total. The van der Waals surface area contributed by atoms with E-state index in [0.29, 0.717) is 18.4 Å². The van der Waals surface area contributed by atoms with Crippen LogP contribution in [0.5, 0.6) is 0 Å². The molecule has 0 amide bonds. The molecule has 2 rings (SSSR count). The largest absolute Gasteiger partial charge is 0.300 e. The fraction of sp³-hybridized carbons (Fsp3) is 0.412. The van der Waals surface area contributed by atoms with Crippen LogP contribution in [0.25, 0.3) is 0 Å². The summed E-state index contributed by atoms with van der Waals surface area (Å²) in [6.07, 6.45) is 1.84. The van der Waals surface area contributed by atoms with E-state index in [4.69, 9.17) is 0 Å². The Bertz CT molecular complexity index is 574. The predicted molar refractivity (Wildman–Crippen MR) is 76.1 cm³/mol. The lowest BCUT2D eigenvalue weighted by molar-refractivity contribution is -0.122. The lowest BCUT2D eigenvalue weighted by atomic mass is 9.82. The Morgan fingerprint density at radius 2 is 2.15 bits per heavy atom. The maximum Gasteiger partial charge on any atom is 0.167 e. The Hall–Kier alpha value is -1.77. The highest BCUT2D eigenvalue weighted by atomic mass is 19.1. The summed E-state index contributed by atoms with van der Waals surface area (Å²) in [6.45, 7) is 7.28. The van der Waals surface area contributed by atoms with Gasteiger partial charge >= 0.3 is 0 Å². The van der Waals surface area contributed by atoms with Crippen molar-refractivity contribution in [2.24, 2.45) is 11.8 Å². The van der Waals surface area contributed by atoms with Crippen molar-refractivity contribution in [2.45, 2.75) is 33.1 Å². The molecule has 1 aromatic carbocycles. The number of Topliss-reactive ketones (excluding diaryl/α,β-unsaturated/α-hetero) is 2. The van der Waals surface area contributed by atoms with Gasteiger partial charge in [-0.3, -0.25) is 9.59 Å². The zero-order chi connectivity index (χ0) is 14.9. The number of ketones is 2. The van der Waals surface area contributed by atoms with Crippen LogP contribution >= 0.6 is 0 Å². The van der Waals surface area contributed by atoms with Crippen molar-refractivity contribution in [1.82, 2.24) is 0 Å². The molecule has 3 heteroatoms. The van der Waals surface area contributed by atoms with Crippen molar-refractivity contribution < 1.29 is 14.0 Å². The molecule has 0 saturated carbocycles. The second kappa shape index (κ2) is 5.70. The van der Waals surface area contributed by atoms with E-state index in [1.807, 2.05) is 6.92 Å². The fourth-order valence-electron chi connectivity index (χ4n) is 2.92. The van der Waals surface area contributed by atoms with Crippen molar-refractivity contribution >= 4 is 11.6 Å². The summed E-state index contributed by atoms with van der Waals surface area (Å²) in [5, 5.41) is 0. The van der Waals surface area contributed by atoms with E-state index in [9.17, 15) is 14.0 Å². The fourth-order valence-corrected chi connectivity index (χ4v) is 2.92. The van der Waals surface area contributed by atoms with Crippen LogP contribution in [-0.2, 0) is 11.2 Å². The topological polar surface area (TPSA) is 34.1 Å². The first-order valence-corrected chi connectivity index (χ1v) is 6.87. The summed E-state index contributed by atoms with van der Waals surface area (Å²) in [4.78, 5) is 24.3. The van der Waals surface area contributed by atoms with Crippen molar-refractivity contribution in [2.75, 3.05) is 0 Å². The first-order chi connectivity index (χ1) is 9.40. The summed E-state index contributed by atoms with van der Waals surface area (Å²) in [7, 11) is 0. The van der Waals surface area contributed by atoms with Gasteiger partial charge in [-0.15, -0.1) is 6.58 Å². The molecular weight excluding hydrogens is 255 g/mol. The Balaban J connectivity index is 2.22. The monoisotopic (exact) mass is 274 g/mol. The van der Waals surface area contributed by atoms with Crippen molar-refractivity contribution in [3.05, 3.63) is 47.3 Å². The van der Waals surface area contributed by atoms with Gasteiger partial charge in [-0.2, -0.15) is 0 Å². The molecule has 0 N–H and O–H groups in total. The summed E-state index contributed by atoms with van der Waals surface area (Å²) >= 11 is 0. The van der Waals surface area contributed by atoms with Crippen LogP contribution in [0.15, 0.2) is 30.4 Å². The molecule has 0 spiro atoms. The molecule has 2 unspecified atom stereocenters. The second-order valence-corrected chi connectivity index (χ2v) is 5.69. The highest BCUT2D eigenvalue weighted by Gasteiger charge is 2.38. The predicted octanol–water partition coefficient (Wildman–Crippen LogP) is 3.74. The molecule has 0 fully saturated rings. The quantitative estimate of drug-likeness (QED) is 0.766. The van der Waals surface area contributed by atoms with Crippen LogP contribution in [0.2, 0.25) is 0 Å². The van der Waals surface area contributed by atoms with E-state index in [2.05, 4.69) is 6.58 Å². The maximum atomic E-state index is 13.2. The highest BCUT2D eigenvalue weighted by Crippen LogP contribution is 2.35. The second-order valence-electron chi connectivity index (χ2n) is 5.69. The van der Waals surface area contributed by atoms with E-state index in [1.165, 1.54) is 25.1 Å². The highest BCUT2D eigenvalue weighted by molar-refractivity contribution is 6.04. The number of benzene rings is 1. The standard InChI is InChI=1S/C17H19FO2/c1-10(2)4-6-14(11(3)19)16-9-12-8-13(18)5-7-15(12)17(16)20/h5,7-8,14,16H,1,4,6,9H2,2-3H3. The number of hydrogen-bond donors (Lipinski definition) is 0. The minimum Gasteiger partial charge on any atom is -0.300 e. The smallest absolute Gasteiger partial charge is 0.167 e. The molecule has 20 heavy (non-hydrogen) atoms. The molecule has 0 aromatic heterocycles. The molecule has 1 aliphatic carbocycles. The zero-order valence-electron chi connectivity index (χ0n) is 11.9. The zero-order valence-corrected chi connectivity index (χ0v) is 11.9. The first-order valence-electron chi connectivity index (χ1n) is 6.87. The molecular formula is C17H19FO2. The van der Waals surface area contributed by atoms with Gasteiger partial charge in [0.25, 0.3) is 0 Å². The SMILES string of the molecule is C=C(C)CCC(C(C)=O)C1Cc2cc(F)ccc2C1=O. The van der Waals surface area contributed by atoms with E-state index in [0.717, 1.165) is 17.6 Å². The van der Waals surface area contributed by atoms with Gasteiger partial charge in [0.05, 0.1) is 0 Å². The van der Waals surface area contributed by atoms with Gasteiger partial charge in [-0.1, -0.05) is 5.57 Å². The molecule has 106 valence electrons. The van der Waals surface area contributed by atoms with Gasteiger partial charge in [0.2, 0.25) is 0 Å². The summed E-state index contributed by atoms with van der Waals surface area (Å²) < 4.78 is 13.2. The van der Waals surface area contributed by atoms with Gasteiger partial charge in [-0.05, 0) is 56.9 Å². The van der Waals surface area contributed by atoms with Crippen LogP contribution in [0, 0.1) is 17.7 Å². The van der Waals surface area contributed by atoms with E-state index >= 15 is 0 Å². The summed E-state index contributed by atoms with van der Waals surface area (Å²) in [5.41, 5.74) is 2.30.